The number of hydrogen-bond acceptors (Lipinski definition) is 3. The quantitative estimate of drug-likeness (QED) is 0.252. The summed E-state index contributed by atoms with van der Waals surface area (Å²) in [6.07, 6.45) is 2.31. The van der Waals surface area contributed by atoms with E-state index in [0.29, 0.717) is 5.92 Å². The highest BCUT2D eigenvalue weighted by atomic mass is 127. The Hall–Kier alpha value is -0.340. The molecular weight excluding hydrogens is 409 g/mol. The van der Waals surface area contributed by atoms with E-state index in [1.165, 1.54) is 12.0 Å². The van der Waals surface area contributed by atoms with Gasteiger partial charge in [-0.15, -0.1) is 24.0 Å². The zero-order valence-corrected chi connectivity index (χ0v) is 17.1. The zero-order chi connectivity index (χ0) is 15.3. The molecule has 1 unspecified atom stereocenters. The van der Waals surface area contributed by atoms with Crippen LogP contribution in [-0.2, 0) is 4.74 Å². The van der Waals surface area contributed by atoms with Crippen molar-refractivity contribution in [3.8, 4) is 0 Å². The molecule has 0 aliphatic heterocycles. The molecule has 2 N–H and O–H groups in total. The first-order valence-electron chi connectivity index (χ1n) is 7.89. The molecule has 0 amide bonds. The highest BCUT2D eigenvalue weighted by molar-refractivity contribution is 14.0. The first-order chi connectivity index (χ1) is 10.3. The summed E-state index contributed by atoms with van der Waals surface area (Å²) in [5, 5.41) is 10.9. The third kappa shape index (κ3) is 9.63. The number of unbranched alkanes of at least 4 members (excludes halogenated alkanes) is 1. The van der Waals surface area contributed by atoms with Crippen molar-refractivity contribution in [2.24, 2.45) is 4.99 Å². The lowest BCUT2D eigenvalue weighted by Gasteiger charge is -2.13. The number of thiophene rings is 1. The van der Waals surface area contributed by atoms with Gasteiger partial charge in [0.15, 0.2) is 5.96 Å². The molecule has 0 saturated carbocycles. The maximum atomic E-state index is 5.54. The summed E-state index contributed by atoms with van der Waals surface area (Å²) in [4.78, 5) is 4.65. The van der Waals surface area contributed by atoms with E-state index in [0.717, 1.165) is 45.2 Å². The van der Waals surface area contributed by atoms with Crippen molar-refractivity contribution >= 4 is 41.3 Å². The van der Waals surface area contributed by atoms with E-state index >= 15 is 0 Å². The largest absolute Gasteiger partial charge is 0.380 e. The standard InChI is InChI=1S/C16H29N3OS.HI/c1-4-6-9-20-10-8-18-16(17-5-2)19-12-14(3)15-7-11-21-13-15;/h7,11,13-14H,4-6,8-10,12H2,1-3H3,(H2,17,18,19);1H. The van der Waals surface area contributed by atoms with Crippen LogP contribution in [-0.4, -0.2) is 38.8 Å². The Labute approximate surface area is 156 Å². The lowest BCUT2D eigenvalue weighted by Crippen LogP contribution is -2.39. The van der Waals surface area contributed by atoms with Gasteiger partial charge < -0.3 is 15.4 Å². The van der Waals surface area contributed by atoms with Crippen LogP contribution in [0.4, 0.5) is 0 Å². The average Bonchev–Trinajstić information content (AvgIpc) is 3.02. The van der Waals surface area contributed by atoms with Crippen LogP contribution in [0.3, 0.4) is 0 Å². The molecule has 128 valence electrons. The van der Waals surface area contributed by atoms with Crippen molar-refractivity contribution in [3.63, 3.8) is 0 Å². The van der Waals surface area contributed by atoms with E-state index in [2.05, 4.69) is 53.2 Å². The summed E-state index contributed by atoms with van der Waals surface area (Å²) in [5.74, 6) is 1.33. The van der Waals surface area contributed by atoms with Gasteiger partial charge in [0.2, 0.25) is 0 Å². The molecule has 22 heavy (non-hydrogen) atoms. The third-order valence-electron chi connectivity index (χ3n) is 3.16. The van der Waals surface area contributed by atoms with Gasteiger partial charge in [0, 0.05) is 32.2 Å². The average molecular weight is 439 g/mol. The van der Waals surface area contributed by atoms with Crippen LogP contribution in [0, 0.1) is 0 Å². The molecule has 4 nitrogen and oxygen atoms in total. The second kappa shape index (κ2) is 14.3. The SMILES string of the molecule is CCCCOCCNC(=NCC(C)c1ccsc1)NCC.I. The van der Waals surface area contributed by atoms with Crippen molar-refractivity contribution in [3.05, 3.63) is 22.4 Å². The highest BCUT2D eigenvalue weighted by Crippen LogP contribution is 2.18. The molecule has 0 saturated heterocycles. The maximum Gasteiger partial charge on any atom is 0.191 e. The fraction of sp³-hybridized carbons (Fsp3) is 0.688. The molecule has 0 bridgehead atoms. The van der Waals surface area contributed by atoms with Crippen molar-refractivity contribution in [2.45, 2.75) is 39.5 Å². The summed E-state index contributed by atoms with van der Waals surface area (Å²) in [6.45, 7) is 10.5. The topological polar surface area (TPSA) is 45.6 Å². The number of nitrogens with one attached hydrogen (secondary N) is 2. The highest BCUT2D eigenvalue weighted by Gasteiger charge is 2.05. The normalized spacial score (nSPS) is 12.6. The zero-order valence-electron chi connectivity index (χ0n) is 13.9. The summed E-state index contributed by atoms with van der Waals surface area (Å²) in [5.41, 5.74) is 1.36. The number of hydrogen-bond donors (Lipinski definition) is 2. The van der Waals surface area contributed by atoms with Crippen LogP contribution in [0.25, 0.3) is 0 Å². The van der Waals surface area contributed by atoms with Crippen LogP contribution in [0.2, 0.25) is 0 Å². The second-order valence-corrected chi connectivity index (χ2v) is 5.85. The molecule has 0 aliphatic carbocycles. The van der Waals surface area contributed by atoms with Crippen LogP contribution >= 0.6 is 35.3 Å². The maximum absolute atomic E-state index is 5.54. The summed E-state index contributed by atoms with van der Waals surface area (Å²) in [6, 6.07) is 2.17. The van der Waals surface area contributed by atoms with Gasteiger partial charge in [0.1, 0.15) is 0 Å². The van der Waals surface area contributed by atoms with Gasteiger partial charge in [-0.25, -0.2) is 0 Å². The summed E-state index contributed by atoms with van der Waals surface area (Å²) >= 11 is 1.74. The molecular formula is C16H30IN3OS. The minimum Gasteiger partial charge on any atom is -0.380 e. The van der Waals surface area contributed by atoms with Crippen LogP contribution in [0.15, 0.2) is 21.8 Å². The predicted octanol–water partition coefficient (Wildman–Crippen LogP) is 3.84. The van der Waals surface area contributed by atoms with Crippen LogP contribution in [0.1, 0.15) is 45.1 Å². The Morgan fingerprint density at radius 2 is 2.14 bits per heavy atom. The number of guanidine groups is 1. The second-order valence-electron chi connectivity index (χ2n) is 5.07. The molecule has 0 aliphatic rings. The van der Waals surface area contributed by atoms with Crippen molar-refractivity contribution in [1.82, 2.24) is 10.6 Å². The molecule has 1 rings (SSSR count). The molecule has 1 aromatic rings. The van der Waals surface area contributed by atoms with Gasteiger partial charge in [-0.3, -0.25) is 4.99 Å². The van der Waals surface area contributed by atoms with Crippen molar-refractivity contribution in [2.75, 3.05) is 32.8 Å². The smallest absolute Gasteiger partial charge is 0.191 e. The van der Waals surface area contributed by atoms with E-state index in [1.54, 1.807) is 11.3 Å². The van der Waals surface area contributed by atoms with E-state index in [9.17, 15) is 0 Å². The molecule has 1 heterocycles. The Kier molecular flexibility index (Phi) is 14.0. The lowest BCUT2D eigenvalue weighted by atomic mass is 10.1. The van der Waals surface area contributed by atoms with Crippen LogP contribution < -0.4 is 10.6 Å². The predicted molar refractivity (Wildman–Crippen MR) is 108 cm³/mol. The molecule has 0 aromatic carbocycles. The Morgan fingerprint density at radius 3 is 2.77 bits per heavy atom. The van der Waals surface area contributed by atoms with Gasteiger partial charge in [0.05, 0.1) is 6.61 Å². The first kappa shape index (κ1) is 21.7. The minimum atomic E-state index is 0. The number of halogens is 1. The molecule has 6 heteroatoms. The van der Waals surface area contributed by atoms with Crippen molar-refractivity contribution < 1.29 is 4.74 Å². The Bertz CT molecular complexity index is 385. The molecule has 1 atom stereocenters. The molecule has 0 radical (unpaired) electrons. The number of ether oxygens (including phenoxy) is 1. The number of rotatable bonds is 10. The van der Waals surface area contributed by atoms with Gasteiger partial charge in [-0.2, -0.15) is 11.3 Å². The molecule has 0 fully saturated rings. The summed E-state index contributed by atoms with van der Waals surface area (Å²) in [7, 11) is 0. The lowest BCUT2D eigenvalue weighted by molar-refractivity contribution is 0.136. The summed E-state index contributed by atoms with van der Waals surface area (Å²) < 4.78 is 5.54. The number of aliphatic imine (C=N–C) groups is 1. The third-order valence-corrected chi connectivity index (χ3v) is 3.86. The van der Waals surface area contributed by atoms with E-state index in [4.69, 9.17) is 4.74 Å². The van der Waals surface area contributed by atoms with E-state index < -0.39 is 0 Å². The fourth-order valence-corrected chi connectivity index (χ4v) is 2.60. The van der Waals surface area contributed by atoms with Gasteiger partial charge in [-0.1, -0.05) is 20.3 Å². The Morgan fingerprint density at radius 1 is 1.32 bits per heavy atom. The van der Waals surface area contributed by atoms with Gasteiger partial charge in [0.25, 0.3) is 0 Å². The molecule has 1 aromatic heterocycles. The van der Waals surface area contributed by atoms with Gasteiger partial charge in [-0.05, 0) is 35.7 Å². The van der Waals surface area contributed by atoms with Gasteiger partial charge >= 0.3 is 0 Å². The van der Waals surface area contributed by atoms with Crippen LogP contribution in [0.5, 0.6) is 0 Å². The Balaban J connectivity index is 0.00000441. The first-order valence-corrected chi connectivity index (χ1v) is 8.84. The van der Waals surface area contributed by atoms with Crippen molar-refractivity contribution in [1.29, 1.82) is 0 Å². The van der Waals surface area contributed by atoms with E-state index in [1.807, 2.05) is 0 Å². The monoisotopic (exact) mass is 439 g/mol. The fourth-order valence-electron chi connectivity index (χ4n) is 1.82. The number of nitrogens with zero attached hydrogens (tertiary/aromatic N) is 1. The molecule has 0 spiro atoms. The minimum absolute atomic E-state index is 0. The van der Waals surface area contributed by atoms with E-state index in [-0.39, 0.29) is 24.0 Å².